The fourth-order valence-electron chi connectivity index (χ4n) is 1.47. The average molecular weight is 236 g/mol. The van der Waals surface area contributed by atoms with Crippen LogP contribution in [0.3, 0.4) is 0 Å². The summed E-state index contributed by atoms with van der Waals surface area (Å²) in [5, 5.41) is 0. The third kappa shape index (κ3) is 6.17. The van der Waals surface area contributed by atoms with Gasteiger partial charge in [0.25, 0.3) is 0 Å². The van der Waals surface area contributed by atoms with Gasteiger partial charge in [-0.3, -0.25) is 0 Å². The molecule has 0 unspecified atom stereocenters. The molecule has 0 fully saturated rings. The van der Waals surface area contributed by atoms with Crippen LogP contribution in [0.1, 0.15) is 20.3 Å². The number of likely N-dealkylation sites (N-methyl/N-ethyl adjacent to an activating group) is 1. The lowest BCUT2D eigenvalue weighted by molar-refractivity contribution is 0.230. The smallest absolute Gasteiger partial charge is 0.119 e. The van der Waals surface area contributed by atoms with Crippen molar-refractivity contribution in [3.63, 3.8) is 0 Å². The molecule has 1 aromatic rings. The number of anilines is 1. The Kier molecular flexibility index (Phi) is 5.84. The van der Waals surface area contributed by atoms with Crippen LogP contribution in [0.5, 0.6) is 5.75 Å². The van der Waals surface area contributed by atoms with Crippen LogP contribution < -0.4 is 10.5 Å². The van der Waals surface area contributed by atoms with Crippen LogP contribution >= 0.6 is 0 Å². The molecule has 0 atom stereocenters. The van der Waals surface area contributed by atoms with Gasteiger partial charge in [-0.2, -0.15) is 0 Å². The molecular formula is C14H24N2O. The summed E-state index contributed by atoms with van der Waals surface area (Å²) in [4.78, 5) is 2.30. The van der Waals surface area contributed by atoms with Crippen molar-refractivity contribution < 1.29 is 4.74 Å². The zero-order chi connectivity index (χ0) is 12.7. The largest absolute Gasteiger partial charge is 0.492 e. The number of nitrogen functional groups attached to an aromatic ring is 1. The first-order valence-corrected chi connectivity index (χ1v) is 6.25. The van der Waals surface area contributed by atoms with Gasteiger partial charge in [-0.25, -0.2) is 0 Å². The van der Waals surface area contributed by atoms with Crippen LogP contribution in [-0.4, -0.2) is 31.6 Å². The highest BCUT2D eigenvalue weighted by Crippen LogP contribution is 2.12. The lowest BCUT2D eigenvalue weighted by Gasteiger charge is -2.18. The Labute approximate surface area is 105 Å². The Morgan fingerprint density at radius 1 is 1.18 bits per heavy atom. The van der Waals surface area contributed by atoms with E-state index in [2.05, 4.69) is 25.8 Å². The van der Waals surface area contributed by atoms with Gasteiger partial charge in [-0.05, 0) is 50.2 Å². The fraction of sp³-hybridized carbons (Fsp3) is 0.571. The van der Waals surface area contributed by atoms with E-state index >= 15 is 0 Å². The maximum absolute atomic E-state index is 5.64. The molecule has 0 aliphatic rings. The molecule has 0 bridgehead atoms. The summed E-state index contributed by atoms with van der Waals surface area (Å²) in [5.74, 6) is 1.65. The van der Waals surface area contributed by atoms with E-state index in [-0.39, 0.29) is 0 Å². The van der Waals surface area contributed by atoms with Crippen molar-refractivity contribution >= 4 is 5.69 Å². The third-order valence-corrected chi connectivity index (χ3v) is 2.71. The quantitative estimate of drug-likeness (QED) is 0.740. The maximum Gasteiger partial charge on any atom is 0.119 e. The van der Waals surface area contributed by atoms with Gasteiger partial charge in [0.1, 0.15) is 12.4 Å². The first-order chi connectivity index (χ1) is 8.08. The van der Waals surface area contributed by atoms with Gasteiger partial charge in [0, 0.05) is 12.2 Å². The van der Waals surface area contributed by atoms with Gasteiger partial charge in [-0.15, -0.1) is 0 Å². The molecule has 0 spiro atoms. The minimum Gasteiger partial charge on any atom is -0.492 e. The van der Waals surface area contributed by atoms with Crippen LogP contribution in [0.2, 0.25) is 0 Å². The van der Waals surface area contributed by atoms with Crippen LogP contribution in [0.15, 0.2) is 24.3 Å². The molecule has 0 aromatic heterocycles. The van der Waals surface area contributed by atoms with Gasteiger partial charge in [0.05, 0.1) is 0 Å². The summed E-state index contributed by atoms with van der Waals surface area (Å²) < 4.78 is 5.64. The number of nitrogens with two attached hydrogens (primary N) is 1. The van der Waals surface area contributed by atoms with E-state index in [4.69, 9.17) is 10.5 Å². The molecule has 17 heavy (non-hydrogen) atoms. The molecule has 1 rings (SSSR count). The molecular weight excluding hydrogens is 212 g/mol. The SMILES string of the molecule is CC(C)CCN(C)CCOc1ccc(N)cc1. The lowest BCUT2D eigenvalue weighted by atomic mass is 10.1. The zero-order valence-corrected chi connectivity index (χ0v) is 11.1. The highest BCUT2D eigenvalue weighted by molar-refractivity contribution is 5.41. The normalized spacial score (nSPS) is 11.1. The number of hydrogen-bond donors (Lipinski definition) is 1. The molecule has 0 aliphatic heterocycles. The van der Waals surface area contributed by atoms with Crippen molar-refractivity contribution in [1.29, 1.82) is 0 Å². The molecule has 3 nitrogen and oxygen atoms in total. The molecule has 0 aliphatic carbocycles. The standard InChI is InChI=1S/C14H24N2O/c1-12(2)8-9-16(3)10-11-17-14-6-4-13(15)5-7-14/h4-7,12H,8-11,15H2,1-3H3. The van der Waals surface area contributed by atoms with Crippen LogP contribution in [0.25, 0.3) is 0 Å². The Morgan fingerprint density at radius 3 is 2.41 bits per heavy atom. The lowest BCUT2D eigenvalue weighted by Crippen LogP contribution is -2.26. The monoisotopic (exact) mass is 236 g/mol. The van der Waals surface area contributed by atoms with Crippen molar-refractivity contribution in [1.82, 2.24) is 4.90 Å². The Bertz CT molecular complexity index is 309. The summed E-state index contributed by atoms with van der Waals surface area (Å²) in [7, 11) is 2.13. The van der Waals surface area contributed by atoms with Crippen LogP contribution in [-0.2, 0) is 0 Å². The van der Waals surface area contributed by atoms with Crippen molar-refractivity contribution in [2.24, 2.45) is 5.92 Å². The first kappa shape index (κ1) is 13.8. The molecule has 0 heterocycles. The molecule has 3 heteroatoms. The van der Waals surface area contributed by atoms with E-state index < -0.39 is 0 Å². The predicted octanol–water partition coefficient (Wildman–Crippen LogP) is 2.63. The maximum atomic E-state index is 5.64. The summed E-state index contributed by atoms with van der Waals surface area (Å²) >= 11 is 0. The Morgan fingerprint density at radius 2 is 1.82 bits per heavy atom. The third-order valence-electron chi connectivity index (χ3n) is 2.71. The van der Waals surface area contributed by atoms with E-state index in [1.165, 1.54) is 6.42 Å². The minimum atomic E-state index is 0.721. The summed E-state index contributed by atoms with van der Waals surface area (Å²) in [6.45, 7) is 7.30. The number of nitrogens with zero attached hydrogens (tertiary/aromatic N) is 1. The van der Waals surface area contributed by atoms with Gasteiger partial charge >= 0.3 is 0 Å². The molecule has 0 saturated heterocycles. The number of ether oxygens (including phenoxy) is 1. The van der Waals surface area contributed by atoms with Crippen molar-refractivity contribution in [3.8, 4) is 5.75 Å². The molecule has 96 valence electrons. The minimum absolute atomic E-state index is 0.721. The van der Waals surface area contributed by atoms with Crippen molar-refractivity contribution in [2.45, 2.75) is 20.3 Å². The predicted molar refractivity (Wildman–Crippen MR) is 73.3 cm³/mol. The highest BCUT2D eigenvalue weighted by atomic mass is 16.5. The van der Waals surface area contributed by atoms with Crippen molar-refractivity contribution in [2.75, 3.05) is 32.5 Å². The Balaban J connectivity index is 2.16. The summed E-state index contributed by atoms with van der Waals surface area (Å²) in [5.41, 5.74) is 6.38. The molecule has 2 N–H and O–H groups in total. The van der Waals surface area contributed by atoms with Crippen LogP contribution in [0.4, 0.5) is 5.69 Å². The van der Waals surface area contributed by atoms with Crippen molar-refractivity contribution in [3.05, 3.63) is 24.3 Å². The average Bonchev–Trinajstić information content (AvgIpc) is 2.29. The molecule has 0 amide bonds. The number of benzene rings is 1. The number of rotatable bonds is 7. The molecule has 0 saturated carbocycles. The first-order valence-electron chi connectivity index (χ1n) is 6.25. The van der Waals surface area contributed by atoms with E-state index in [0.717, 1.165) is 37.1 Å². The number of hydrogen-bond acceptors (Lipinski definition) is 3. The second kappa shape index (κ2) is 7.17. The van der Waals surface area contributed by atoms with Gasteiger partial charge in [0.2, 0.25) is 0 Å². The second-order valence-electron chi connectivity index (χ2n) is 4.90. The highest BCUT2D eigenvalue weighted by Gasteiger charge is 2.01. The van der Waals surface area contributed by atoms with Gasteiger partial charge in [-0.1, -0.05) is 13.8 Å². The van der Waals surface area contributed by atoms with E-state index in [9.17, 15) is 0 Å². The second-order valence-corrected chi connectivity index (χ2v) is 4.90. The summed E-state index contributed by atoms with van der Waals surface area (Å²) in [6, 6.07) is 7.53. The van der Waals surface area contributed by atoms with E-state index in [1.807, 2.05) is 24.3 Å². The van der Waals surface area contributed by atoms with Gasteiger partial charge < -0.3 is 15.4 Å². The molecule has 0 radical (unpaired) electrons. The van der Waals surface area contributed by atoms with E-state index in [0.29, 0.717) is 0 Å². The van der Waals surface area contributed by atoms with Gasteiger partial charge in [0.15, 0.2) is 0 Å². The van der Waals surface area contributed by atoms with E-state index in [1.54, 1.807) is 0 Å². The Hall–Kier alpha value is -1.22. The fourth-order valence-corrected chi connectivity index (χ4v) is 1.47. The zero-order valence-electron chi connectivity index (χ0n) is 11.1. The topological polar surface area (TPSA) is 38.5 Å². The van der Waals surface area contributed by atoms with Crippen LogP contribution in [0, 0.1) is 5.92 Å². The summed E-state index contributed by atoms with van der Waals surface area (Å²) in [6.07, 6.45) is 1.23. The molecule has 1 aromatic carbocycles.